The Morgan fingerprint density at radius 3 is 2.95 bits per heavy atom. The first kappa shape index (κ1) is 15.8. The summed E-state index contributed by atoms with van der Waals surface area (Å²) in [5.41, 5.74) is 1.53. The molecule has 21 heavy (non-hydrogen) atoms. The molecule has 1 unspecified atom stereocenters. The number of carbonyl (C=O) groups excluding carboxylic acids is 1. The molecule has 1 fully saturated rings. The van der Waals surface area contributed by atoms with Gasteiger partial charge in [0.1, 0.15) is 5.69 Å². The lowest BCUT2D eigenvalue weighted by Gasteiger charge is -2.35. The van der Waals surface area contributed by atoms with E-state index in [2.05, 4.69) is 34.4 Å². The van der Waals surface area contributed by atoms with Gasteiger partial charge in [0.2, 0.25) is 0 Å². The Balaban J connectivity index is 2.15. The average Bonchev–Trinajstić information content (AvgIpc) is 2.52. The molecule has 0 aliphatic carbocycles. The lowest BCUT2D eigenvalue weighted by Crippen LogP contribution is -2.46. The van der Waals surface area contributed by atoms with Gasteiger partial charge in [-0.1, -0.05) is 6.42 Å². The van der Waals surface area contributed by atoms with Crippen LogP contribution in [0.1, 0.15) is 43.6 Å². The molecule has 0 saturated carbocycles. The van der Waals surface area contributed by atoms with Crippen LogP contribution in [0.3, 0.4) is 0 Å². The Kier molecular flexibility index (Phi) is 5.56. The molecule has 5 heteroatoms. The minimum atomic E-state index is -0.142. The van der Waals surface area contributed by atoms with E-state index in [-0.39, 0.29) is 5.91 Å². The second kappa shape index (κ2) is 7.41. The number of nitrogens with zero attached hydrogens (tertiary/aromatic N) is 2. The summed E-state index contributed by atoms with van der Waals surface area (Å²) in [7, 11) is 1.63. The Morgan fingerprint density at radius 1 is 1.52 bits per heavy atom. The van der Waals surface area contributed by atoms with Gasteiger partial charge >= 0.3 is 0 Å². The number of amides is 1. The van der Waals surface area contributed by atoms with Crippen molar-refractivity contribution in [2.24, 2.45) is 0 Å². The maximum atomic E-state index is 11.7. The topological polar surface area (TPSA) is 57.3 Å². The van der Waals surface area contributed by atoms with Crippen LogP contribution in [0.5, 0.6) is 0 Å². The van der Waals surface area contributed by atoms with Gasteiger partial charge in [-0.2, -0.15) is 0 Å². The normalized spacial score (nSPS) is 18.6. The third-order valence-corrected chi connectivity index (χ3v) is 3.99. The predicted octanol–water partition coefficient (Wildman–Crippen LogP) is 1.80. The van der Waals surface area contributed by atoms with Crippen LogP contribution in [0.25, 0.3) is 0 Å². The molecule has 0 aromatic carbocycles. The first-order chi connectivity index (χ1) is 10.1. The fourth-order valence-electron chi connectivity index (χ4n) is 2.78. The zero-order chi connectivity index (χ0) is 15.2. The summed E-state index contributed by atoms with van der Waals surface area (Å²) in [5.74, 6) is -0.142. The van der Waals surface area contributed by atoms with E-state index in [1.807, 2.05) is 12.1 Å². The number of aromatic nitrogens is 1. The molecule has 0 bridgehead atoms. The van der Waals surface area contributed by atoms with Gasteiger partial charge in [0.05, 0.1) is 0 Å². The smallest absolute Gasteiger partial charge is 0.269 e. The number of piperidine rings is 1. The third-order valence-electron chi connectivity index (χ3n) is 3.99. The number of hydrogen-bond acceptors (Lipinski definition) is 4. The number of pyridine rings is 1. The first-order valence-corrected chi connectivity index (χ1v) is 7.80. The molecule has 1 saturated heterocycles. The quantitative estimate of drug-likeness (QED) is 0.868. The van der Waals surface area contributed by atoms with Gasteiger partial charge in [0, 0.05) is 37.6 Å². The van der Waals surface area contributed by atoms with Crippen LogP contribution in [0.4, 0.5) is 5.69 Å². The molecule has 1 aliphatic heterocycles. The zero-order valence-corrected chi connectivity index (χ0v) is 13.2. The van der Waals surface area contributed by atoms with E-state index >= 15 is 0 Å². The molecule has 0 spiro atoms. The standard InChI is InChI=1S/C16H26N4O/c1-12(2)20(11-13-6-4-5-8-18-13)14-7-9-19-15(10-14)16(21)17-3/h7,9-10,12-13,18H,4-6,8,11H2,1-3H3,(H,17,21). The second-order valence-corrected chi connectivity index (χ2v) is 5.87. The van der Waals surface area contributed by atoms with E-state index < -0.39 is 0 Å². The number of nitrogens with one attached hydrogen (secondary N) is 2. The molecule has 1 amide bonds. The predicted molar refractivity (Wildman–Crippen MR) is 85.8 cm³/mol. The maximum absolute atomic E-state index is 11.7. The SMILES string of the molecule is CNC(=O)c1cc(N(CC2CCCCN2)C(C)C)ccn1. The van der Waals surface area contributed by atoms with Crippen LogP contribution < -0.4 is 15.5 Å². The fourth-order valence-corrected chi connectivity index (χ4v) is 2.78. The summed E-state index contributed by atoms with van der Waals surface area (Å²) in [5, 5.41) is 6.21. The van der Waals surface area contributed by atoms with Crippen LogP contribution in [0.15, 0.2) is 18.3 Å². The molecule has 2 heterocycles. The minimum absolute atomic E-state index is 0.142. The first-order valence-electron chi connectivity index (χ1n) is 7.80. The van der Waals surface area contributed by atoms with Gasteiger partial charge in [-0.15, -0.1) is 0 Å². The summed E-state index contributed by atoms with van der Waals surface area (Å²) in [6.07, 6.45) is 5.50. The molecule has 116 valence electrons. The summed E-state index contributed by atoms with van der Waals surface area (Å²) >= 11 is 0. The largest absolute Gasteiger partial charge is 0.367 e. The third kappa shape index (κ3) is 4.17. The molecule has 5 nitrogen and oxygen atoms in total. The van der Waals surface area contributed by atoms with Crippen molar-refractivity contribution in [3.8, 4) is 0 Å². The number of hydrogen-bond donors (Lipinski definition) is 2. The molecule has 0 radical (unpaired) electrons. The van der Waals surface area contributed by atoms with Crippen molar-refractivity contribution in [1.82, 2.24) is 15.6 Å². The number of rotatable bonds is 5. The van der Waals surface area contributed by atoms with E-state index in [1.54, 1.807) is 13.2 Å². The highest BCUT2D eigenvalue weighted by atomic mass is 16.1. The second-order valence-electron chi connectivity index (χ2n) is 5.87. The van der Waals surface area contributed by atoms with Crippen molar-refractivity contribution in [1.29, 1.82) is 0 Å². The Bertz CT molecular complexity index is 469. The lowest BCUT2D eigenvalue weighted by molar-refractivity contribution is 0.0958. The van der Waals surface area contributed by atoms with E-state index in [0.29, 0.717) is 17.8 Å². The van der Waals surface area contributed by atoms with E-state index in [9.17, 15) is 4.79 Å². The summed E-state index contributed by atoms with van der Waals surface area (Å²) < 4.78 is 0. The summed E-state index contributed by atoms with van der Waals surface area (Å²) in [6, 6.07) is 4.77. The van der Waals surface area contributed by atoms with Crippen molar-refractivity contribution in [2.75, 3.05) is 25.0 Å². The molecule has 1 atom stereocenters. The molecular weight excluding hydrogens is 264 g/mol. The number of carbonyl (C=O) groups is 1. The monoisotopic (exact) mass is 290 g/mol. The lowest BCUT2D eigenvalue weighted by atomic mass is 10.0. The van der Waals surface area contributed by atoms with Crippen molar-refractivity contribution >= 4 is 11.6 Å². The molecule has 1 aromatic rings. The Labute approximate surface area is 127 Å². The average molecular weight is 290 g/mol. The van der Waals surface area contributed by atoms with Crippen LogP contribution in [-0.4, -0.2) is 43.1 Å². The number of anilines is 1. The van der Waals surface area contributed by atoms with E-state index in [0.717, 1.165) is 18.8 Å². The van der Waals surface area contributed by atoms with Gasteiger partial charge in [-0.05, 0) is 45.4 Å². The van der Waals surface area contributed by atoms with E-state index in [1.165, 1.54) is 19.3 Å². The highest BCUT2D eigenvalue weighted by molar-refractivity contribution is 5.92. The van der Waals surface area contributed by atoms with Crippen molar-refractivity contribution in [3.05, 3.63) is 24.0 Å². The van der Waals surface area contributed by atoms with Gasteiger partial charge in [-0.3, -0.25) is 9.78 Å². The van der Waals surface area contributed by atoms with Crippen molar-refractivity contribution in [2.45, 2.75) is 45.2 Å². The van der Waals surface area contributed by atoms with Gasteiger partial charge < -0.3 is 15.5 Å². The molecule has 1 aliphatic rings. The fraction of sp³-hybridized carbons (Fsp3) is 0.625. The highest BCUT2D eigenvalue weighted by Crippen LogP contribution is 2.20. The minimum Gasteiger partial charge on any atom is -0.367 e. The molecule has 2 N–H and O–H groups in total. The van der Waals surface area contributed by atoms with Gasteiger partial charge in [0.25, 0.3) is 5.91 Å². The van der Waals surface area contributed by atoms with Crippen molar-refractivity contribution < 1.29 is 4.79 Å². The van der Waals surface area contributed by atoms with Crippen LogP contribution in [-0.2, 0) is 0 Å². The highest BCUT2D eigenvalue weighted by Gasteiger charge is 2.20. The Hall–Kier alpha value is -1.62. The summed E-state index contributed by atoms with van der Waals surface area (Å²) in [6.45, 7) is 6.44. The maximum Gasteiger partial charge on any atom is 0.269 e. The summed E-state index contributed by atoms with van der Waals surface area (Å²) in [4.78, 5) is 18.2. The van der Waals surface area contributed by atoms with Gasteiger partial charge in [-0.25, -0.2) is 0 Å². The zero-order valence-electron chi connectivity index (χ0n) is 13.2. The van der Waals surface area contributed by atoms with E-state index in [4.69, 9.17) is 0 Å². The molecular formula is C16H26N4O. The van der Waals surface area contributed by atoms with Crippen LogP contribution >= 0.6 is 0 Å². The van der Waals surface area contributed by atoms with Crippen LogP contribution in [0.2, 0.25) is 0 Å². The molecule has 1 aromatic heterocycles. The Morgan fingerprint density at radius 2 is 2.33 bits per heavy atom. The van der Waals surface area contributed by atoms with Gasteiger partial charge in [0.15, 0.2) is 0 Å². The van der Waals surface area contributed by atoms with Crippen molar-refractivity contribution in [3.63, 3.8) is 0 Å². The van der Waals surface area contributed by atoms with Crippen LogP contribution in [0, 0.1) is 0 Å². The molecule has 2 rings (SSSR count).